The van der Waals surface area contributed by atoms with Crippen LogP contribution in [-0.2, 0) is 45.0 Å². The van der Waals surface area contributed by atoms with Gasteiger partial charge in [-0.05, 0) is 102 Å². The van der Waals surface area contributed by atoms with Gasteiger partial charge >= 0.3 is 11.9 Å². The minimum absolute atomic E-state index is 0.0692. The minimum atomic E-state index is -1.59. The average molecular weight is 761 g/mol. The number of ether oxygens (including phenoxy) is 2. The molecule has 3 heterocycles. The summed E-state index contributed by atoms with van der Waals surface area (Å²) in [6, 6.07) is 15.5. The zero-order valence-corrected chi connectivity index (χ0v) is 31.4. The van der Waals surface area contributed by atoms with Gasteiger partial charge in [-0.1, -0.05) is 55.5 Å². The number of carbonyl (C=O) groups is 3. The topological polar surface area (TPSA) is 171 Å². The monoisotopic (exact) mass is 760 g/mol. The van der Waals surface area contributed by atoms with Gasteiger partial charge in [0.15, 0.2) is 0 Å². The summed E-state index contributed by atoms with van der Waals surface area (Å²) in [7, 11) is 0. The van der Waals surface area contributed by atoms with Gasteiger partial charge in [-0.15, -0.1) is 0 Å². The van der Waals surface area contributed by atoms with E-state index in [9.17, 15) is 39.9 Å². The molecule has 2 fully saturated rings. The van der Waals surface area contributed by atoms with E-state index in [-0.39, 0.29) is 85.1 Å². The van der Waals surface area contributed by atoms with Gasteiger partial charge in [0.1, 0.15) is 34.7 Å². The summed E-state index contributed by atoms with van der Waals surface area (Å²) < 4.78 is 12.1. The maximum atomic E-state index is 14.9. The number of Topliss-reactive ketones (excluding diaryl/α,β-unsaturated/α-hetero) is 1. The molecule has 3 aliphatic heterocycles. The van der Waals surface area contributed by atoms with Crippen molar-refractivity contribution in [3.63, 3.8) is 0 Å². The smallest absolute Gasteiger partial charge is 0.334 e. The third-order valence-electron chi connectivity index (χ3n) is 13.1. The predicted octanol–water partition coefficient (Wildman–Crippen LogP) is 5.48. The molecule has 9 unspecified atom stereocenters. The molecule has 56 heavy (non-hydrogen) atoms. The summed E-state index contributed by atoms with van der Waals surface area (Å²) in [6.07, 6.45) is 2.25. The Labute approximate surface area is 326 Å². The Hall–Kier alpha value is -4.95. The number of benzene rings is 3. The summed E-state index contributed by atoms with van der Waals surface area (Å²) >= 11 is 0. The summed E-state index contributed by atoms with van der Waals surface area (Å²) in [5.74, 6) is 2.60. The van der Waals surface area contributed by atoms with Crippen molar-refractivity contribution in [3.8, 4) is 29.1 Å². The maximum absolute atomic E-state index is 14.9. The van der Waals surface area contributed by atoms with Crippen LogP contribution in [0.1, 0.15) is 97.1 Å². The van der Waals surface area contributed by atoms with E-state index in [2.05, 4.69) is 11.8 Å². The first-order valence-electron chi connectivity index (χ1n) is 19.9. The van der Waals surface area contributed by atoms with Gasteiger partial charge in [-0.25, -0.2) is 4.79 Å². The van der Waals surface area contributed by atoms with Gasteiger partial charge in [0.05, 0.1) is 25.0 Å². The summed E-state index contributed by atoms with van der Waals surface area (Å²) in [6.45, 7) is 1.65. The number of ketones is 1. The third kappa shape index (κ3) is 7.13. The van der Waals surface area contributed by atoms with Crippen molar-refractivity contribution in [2.75, 3.05) is 0 Å². The highest BCUT2D eigenvalue weighted by Gasteiger charge is 2.59. The maximum Gasteiger partial charge on any atom is 0.334 e. The summed E-state index contributed by atoms with van der Waals surface area (Å²) in [5.41, 5.74) is 2.18. The van der Waals surface area contributed by atoms with E-state index in [4.69, 9.17) is 9.47 Å². The van der Waals surface area contributed by atoms with Crippen LogP contribution >= 0.6 is 0 Å². The summed E-state index contributed by atoms with van der Waals surface area (Å²) in [4.78, 5) is 41.5. The Bertz CT molecular complexity index is 2160. The van der Waals surface area contributed by atoms with E-state index < -0.39 is 47.5 Å². The molecule has 0 saturated heterocycles. The molecule has 10 bridgehead atoms. The Balaban J connectivity index is 1.36. The quantitative estimate of drug-likeness (QED) is 0.131. The number of rotatable bonds is 3. The van der Waals surface area contributed by atoms with E-state index in [0.29, 0.717) is 47.9 Å². The Morgan fingerprint density at radius 3 is 2.45 bits per heavy atom. The first kappa shape index (κ1) is 37.9. The summed E-state index contributed by atoms with van der Waals surface area (Å²) in [5, 5.41) is 57.2. The second-order valence-corrected chi connectivity index (χ2v) is 16.4. The predicted molar refractivity (Wildman–Crippen MR) is 204 cm³/mol. The van der Waals surface area contributed by atoms with E-state index in [1.165, 1.54) is 24.3 Å². The van der Waals surface area contributed by atoms with Crippen molar-refractivity contribution in [2.24, 2.45) is 23.7 Å². The molecule has 8 rings (SSSR count). The van der Waals surface area contributed by atoms with Crippen LogP contribution < -0.4 is 4.74 Å². The number of carbonyl (C=O) groups excluding carboxylic acids is 3. The first-order valence-corrected chi connectivity index (χ1v) is 19.9. The van der Waals surface area contributed by atoms with Crippen molar-refractivity contribution in [1.82, 2.24) is 0 Å². The molecule has 5 aliphatic rings. The van der Waals surface area contributed by atoms with Crippen molar-refractivity contribution < 1.29 is 49.4 Å². The fraction of sp³-hybridized carbons (Fsp3) is 0.457. The zero-order chi connectivity index (χ0) is 39.3. The fourth-order valence-corrected chi connectivity index (χ4v) is 10.4. The lowest BCUT2D eigenvalue weighted by Gasteiger charge is -2.56. The van der Waals surface area contributed by atoms with E-state index >= 15 is 0 Å². The number of fused-ring (bicyclic) bond motifs is 7. The van der Waals surface area contributed by atoms with Crippen LogP contribution in [0.5, 0.6) is 17.2 Å². The molecule has 0 radical (unpaired) electrons. The van der Waals surface area contributed by atoms with Crippen molar-refractivity contribution in [3.05, 3.63) is 99.6 Å². The van der Waals surface area contributed by atoms with E-state index in [0.717, 1.165) is 17.5 Å². The molecule has 2 saturated carbocycles. The molecule has 3 aromatic carbocycles. The van der Waals surface area contributed by atoms with Crippen LogP contribution in [0.15, 0.2) is 66.2 Å². The highest BCUT2D eigenvalue weighted by Crippen LogP contribution is 2.54. The van der Waals surface area contributed by atoms with Gasteiger partial charge in [0, 0.05) is 48.3 Å². The highest BCUT2D eigenvalue weighted by molar-refractivity contribution is 5.89. The Morgan fingerprint density at radius 2 is 1.66 bits per heavy atom. The minimum Gasteiger partial charge on any atom is -0.508 e. The molecule has 0 amide bonds. The zero-order valence-electron chi connectivity index (χ0n) is 31.4. The number of hydrogen-bond donors (Lipinski definition) is 5. The van der Waals surface area contributed by atoms with Gasteiger partial charge < -0.3 is 35.0 Å². The SMILES string of the molecule is CCC1CCC2C3Cc4cccc(c4)CC(O)C=C4CC(c5cc(O)cc(CO)c5)C#CC5CC(=O)Oc6cc(O)c(cc65)CC(OC4=O)C1(O)C2CCC3=O. The van der Waals surface area contributed by atoms with Crippen molar-refractivity contribution in [2.45, 2.75) is 107 Å². The molecule has 2 aliphatic carbocycles. The third-order valence-corrected chi connectivity index (χ3v) is 13.1. The molecule has 0 aromatic heterocycles. The van der Waals surface area contributed by atoms with Crippen LogP contribution in [0.25, 0.3) is 0 Å². The van der Waals surface area contributed by atoms with Crippen LogP contribution in [0.4, 0.5) is 0 Å². The Kier molecular flexibility index (Phi) is 10.3. The molecule has 292 valence electrons. The number of phenolic OH excluding ortho intramolecular Hbond substituents is 2. The number of aromatic hydroxyl groups is 2. The average Bonchev–Trinajstić information content (AvgIpc) is 3.17. The largest absolute Gasteiger partial charge is 0.508 e. The molecule has 5 N–H and O–H groups in total. The van der Waals surface area contributed by atoms with Crippen LogP contribution in [-0.4, -0.2) is 61.1 Å². The standard InChI is InChI=1S/C46H48O10/c1-2-33-8-9-36-38-16-26-5-3-4-25(12-26)14-34(48)19-32-17-28(30-13-27(24-47)15-35(49)18-30)6-7-29-22-44(52)55-42-23-41(51)31(20-37(29)42)21-43(56-45(32)53)46(33,54)39(36)10-11-40(38)50/h3-5,12-13,15,18-20,23,28-29,33-34,36,38-39,43,47-49,51,54H,2,8-11,14,16-17,21-22,24H2,1H3. The second-order valence-electron chi connectivity index (χ2n) is 16.4. The number of aliphatic hydroxyl groups is 3. The van der Waals surface area contributed by atoms with Gasteiger partial charge in [-0.2, -0.15) is 0 Å². The lowest BCUT2D eigenvalue weighted by molar-refractivity contribution is -0.212. The number of aliphatic hydroxyl groups excluding tert-OH is 2. The van der Waals surface area contributed by atoms with Crippen LogP contribution in [0.3, 0.4) is 0 Å². The molecule has 3 aromatic rings. The normalized spacial score (nSPS) is 31.4. The van der Waals surface area contributed by atoms with Gasteiger partial charge in [0.2, 0.25) is 0 Å². The lowest BCUT2D eigenvalue weighted by Crippen LogP contribution is -2.63. The molecule has 10 heteroatoms. The van der Waals surface area contributed by atoms with Crippen molar-refractivity contribution in [1.29, 1.82) is 0 Å². The Morgan fingerprint density at radius 1 is 0.875 bits per heavy atom. The first-order chi connectivity index (χ1) is 26.9. The van der Waals surface area contributed by atoms with Crippen LogP contribution in [0.2, 0.25) is 0 Å². The van der Waals surface area contributed by atoms with E-state index in [1.54, 1.807) is 12.1 Å². The highest BCUT2D eigenvalue weighted by atomic mass is 16.6. The molecular formula is C46H48O10. The van der Waals surface area contributed by atoms with Crippen LogP contribution in [0, 0.1) is 35.5 Å². The number of esters is 2. The van der Waals surface area contributed by atoms with E-state index in [1.807, 2.05) is 31.2 Å². The number of hydrogen-bond acceptors (Lipinski definition) is 10. The van der Waals surface area contributed by atoms with Gasteiger partial charge in [0.25, 0.3) is 0 Å². The van der Waals surface area contributed by atoms with Crippen molar-refractivity contribution >= 4 is 17.7 Å². The molecule has 10 nitrogen and oxygen atoms in total. The molecule has 0 spiro atoms. The second kappa shape index (κ2) is 15.2. The van der Waals surface area contributed by atoms with Gasteiger partial charge in [-0.3, -0.25) is 9.59 Å². The number of phenols is 2. The molecule has 9 atom stereocenters. The molecular weight excluding hydrogens is 712 g/mol. The fourth-order valence-electron chi connectivity index (χ4n) is 10.4. The lowest BCUT2D eigenvalue weighted by atomic mass is 9.53.